The maximum absolute atomic E-state index is 12.4. The molecular weight excluding hydrogens is 314 g/mol. The van der Waals surface area contributed by atoms with E-state index in [1.54, 1.807) is 12.1 Å². The zero-order chi connectivity index (χ0) is 18.2. The van der Waals surface area contributed by atoms with Gasteiger partial charge in [0.15, 0.2) is 5.69 Å². The van der Waals surface area contributed by atoms with Crippen molar-refractivity contribution in [2.75, 3.05) is 37.8 Å². The molecule has 0 fully saturated rings. The number of nitrogens with one attached hydrogen (secondary N) is 2. The van der Waals surface area contributed by atoms with Crippen molar-refractivity contribution in [3.63, 3.8) is 0 Å². The van der Waals surface area contributed by atoms with Gasteiger partial charge in [-0.05, 0) is 56.7 Å². The van der Waals surface area contributed by atoms with Gasteiger partial charge in [0.25, 0.3) is 5.91 Å². The molecule has 2 N–H and O–H groups in total. The Balaban J connectivity index is 1.94. The third kappa shape index (κ3) is 5.83. The molecule has 2 rings (SSSR count). The fourth-order valence-electron chi connectivity index (χ4n) is 2.46. The predicted molar refractivity (Wildman–Crippen MR) is 102 cm³/mol. The highest BCUT2D eigenvalue weighted by atomic mass is 16.1. The quantitative estimate of drug-likeness (QED) is 0.722. The average Bonchev–Trinajstić information content (AvgIpc) is 2.59. The van der Waals surface area contributed by atoms with E-state index in [-0.39, 0.29) is 5.91 Å². The van der Waals surface area contributed by atoms with Gasteiger partial charge in [0.1, 0.15) is 5.82 Å². The van der Waals surface area contributed by atoms with Crippen LogP contribution in [-0.4, -0.2) is 48.2 Å². The lowest BCUT2D eigenvalue weighted by Gasteiger charge is -2.13. The molecule has 1 amide bonds. The van der Waals surface area contributed by atoms with Crippen LogP contribution in [0.1, 0.15) is 42.2 Å². The molecular formula is C19H27N5O. The number of benzene rings is 1. The molecule has 6 nitrogen and oxygen atoms in total. The van der Waals surface area contributed by atoms with Crippen LogP contribution in [0.4, 0.5) is 11.5 Å². The van der Waals surface area contributed by atoms with Crippen molar-refractivity contribution in [1.82, 2.24) is 15.1 Å². The molecule has 134 valence electrons. The van der Waals surface area contributed by atoms with E-state index < -0.39 is 0 Å². The van der Waals surface area contributed by atoms with Crippen LogP contribution in [0.15, 0.2) is 36.4 Å². The van der Waals surface area contributed by atoms with Gasteiger partial charge in [-0.15, -0.1) is 10.2 Å². The van der Waals surface area contributed by atoms with Crippen molar-refractivity contribution in [3.05, 3.63) is 47.7 Å². The monoisotopic (exact) mass is 341 g/mol. The summed E-state index contributed by atoms with van der Waals surface area (Å²) in [4.78, 5) is 14.5. The van der Waals surface area contributed by atoms with Crippen molar-refractivity contribution in [1.29, 1.82) is 0 Å². The number of hydrogen-bond donors (Lipinski definition) is 2. The minimum absolute atomic E-state index is 0.250. The minimum Gasteiger partial charge on any atom is -0.369 e. The van der Waals surface area contributed by atoms with Gasteiger partial charge >= 0.3 is 0 Å². The van der Waals surface area contributed by atoms with E-state index in [0.717, 1.165) is 30.8 Å². The summed E-state index contributed by atoms with van der Waals surface area (Å²) in [6.07, 6.45) is 1.02. The second-order valence-corrected chi connectivity index (χ2v) is 6.58. The average molecular weight is 341 g/mol. The third-order valence-corrected chi connectivity index (χ3v) is 3.82. The Bertz CT molecular complexity index is 682. The minimum atomic E-state index is -0.250. The Kier molecular flexibility index (Phi) is 6.89. The van der Waals surface area contributed by atoms with E-state index in [0.29, 0.717) is 17.4 Å². The van der Waals surface area contributed by atoms with Crippen LogP contribution in [0.25, 0.3) is 0 Å². The predicted octanol–water partition coefficient (Wildman–Crippen LogP) is 3.22. The summed E-state index contributed by atoms with van der Waals surface area (Å²) >= 11 is 0. The van der Waals surface area contributed by atoms with Crippen LogP contribution < -0.4 is 10.6 Å². The van der Waals surface area contributed by atoms with E-state index >= 15 is 0 Å². The molecule has 1 heterocycles. The van der Waals surface area contributed by atoms with Gasteiger partial charge in [0.2, 0.25) is 0 Å². The zero-order valence-corrected chi connectivity index (χ0v) is 15.4. The number of rotatable bonds is 8. The molecule has 0 radical (unpaired) electrons. The summed E-state index contributed by atoms with van der Waals surface area (Å²) in [5.41, 5.74) is 2.22. The highest BCUT2D eigenvalue weighted by Gasteiger charge is 2.12. The second-order valence-electron chi connectivity index (χ2n) is 6.58. The Morgan fingerprint density at radius 3 is 2.52 bits per heavy atom. The van der Waals surface area contributed by atoms with Crippen LogP contribution in [0.2, 0.25) is 0 Å². The summed E-state index contributed by atoms with van der Waals surface area (Å²) in [5.74, 6) is 0.758. The molecule has 0 spiro atoms. The van der Waals surface area contributed by atoms with Gasteiger partial charge in [-0.2, -0.15) is 0 Å². The molecule has 0 aliphatic heterocycles. The summed E-state index contributed by atoms with van der Waals surface area (Å²) < 4.78 is 0. The lowest BCUT2D eigenvalue weighted by Crippen LogP contribution is -2.18. The molecule has 0 unspecified atom stereocenters. The van der Waals surface area contributed by atoms with Crippen molar-refractivity contribution in [3.8, 4) is 0 Å². The molecule has 0 aliphatic rings. The summed E-state index contributed by atoms with van der Waals surface area (Å²) in [7, 11) is 4.09. The third-order valence-electron chi connectivity index (χ3n) is 3.82. The smallest absolute Gasteiger partial charge is 0.276 e. The second kappa shape index (κ2) is 9.13. The lowest BCUT2D eigenvalue weighted by molar-refractivity contribution is 0.102. The maximum Gasteiger partial charge on any atom is 0.276 e. The van der Waals surface area contributed by atoms with Crippen molar-refractivity contribution in [2.45, 2.75) is 26.2 Å². The molecule has 0 bridgehead atoms. The SMILES string of the molecule is CC(C)c1ccccc1NC(=O)c1ccc(NCCCN(C)C)nn1. The van der Waals surface area contributed by atoms with Crippen LogP contribution >= 0.6 is 0 Å². The first-order valence-electron chi connectivity index (χ1n) is 8.60. The van der Waals surface area contributed by atoms with Crippen LogP contribution in [-0.2, 0) is 0 Å². The van der Waals surface area contributed by atoms with E-state index in [1.165, 1.54) is 0 Å². The molecule has 0 aliphatic carbocycles. The fraction of sp³-hybridized carbons (Fsp3) is 0.421. The molecule has 6 heteroatoms. The van der Waals surface area contributed by atoms with Gasteiger partial charge in [0, 0.05) is 12.2 Å². The van der Waals surface area contributed by atoms with Crippen LogP contribution in [0, 0.1) is 0 Å². The summed E-state index contributed by atoms with van der Waals surface area (Å²) in [6, 6.07) is 11.3. The number of nitrogens with zero attached hydrogens (tertiary/aromatic N) is 3. The molecule has 1 aromatic carbocycles. The molecule has 1 aromatic heterocycles. The molecule has 25 heavy (non-hydrogen) atoms. The zero-order valence-electron chi connectivity index (χ0n) is 15.4. The number of carbonyl (C=O) groups excluding carboxylic acids is 1. The molecule has 0 atom stereocenters. The fourth-order valence-corrected chi connectivity index (χ4v) is 2.46. The molecule has 0 saturated carbocycles. The number of hydrogen-bond acceptors (Lipinski definition) is 5. The topological polar surface area (TPSA) is 70.2 Å². The Morgan fingerprint density at radius 2 is 1.88 bits per heavy atom. The Hall–Kier alpha value is -2.47. The van der Waals surface area contributed by atoms with Gasteiger partial charge in [-0.1, -0.05) is 32.0 Å². The lowest BCUT2D eigenvalue weighted by atomic mass is 10.0. The number of para-hydroxylation sites is 1. The van der Waals surface area contributed by atoms with E-state index in [9.17, 15) is 4.79 Å². The standard InChI is InChI=1S/C19H27N5O/c1-14(2)15-8-5-6-9-16(15)21-19(25)17-10-11-18(23-22-17)20-12-7-13-24(3)4/h5-6,8-11,14H,7,12-13H2,1-4H3,(H,20,23)(H,21,25). The largest absolute Gasteiger partial charge is 0.369 e. The molecule has 2 aromatic rings. The first-order valence-corrected chi connectivity index (χ1v) is 8.60. The van der Waals surface area contributed by atoms with Gasteiger partial charge in [-0.25, -0.2) is 0 Å². The number of anilines is 2. The highest BCUT2D eigenvalue weighted by Crippen LogP contribution is 2.24. The normalized spacial score (nSPS) is 11.0. The first-order chi connectivity index (χ1) is 12.0. The number of aromatic nitrogens is 2. The van der Waals surface area contributed by atoms with Gasteiger partial charge in [0.05, 0.1) is 0 Å². The maximum atomic E-state index is 12.4. The van der Waals surface area contributed by atoms with Crippen LogP contribution in [0.3, 0.4) is 0 Å². The number of carbonyl (C=O) groups is 1. The summed E-state index contributed by atoms with van der Waals surface area (Å²) in [5, 5.41) is 14.2. The Morgan fingerprint density at radius 1 is 1.12 bits per heavy atom. The van der Waals surface area contributed by atoms with Gasteiger partial charge in [-0.3, -0.25) is 4.79 Å². The van der Waals surface area contributed by atoms with Crippen LogP contribution in [0.5, 0.6) is 0 Å². The number of amides is 1. The van der Waals surface area contributed by atoms with Crippen molar-refractivity contribution >= 4 is 17.4 Å². The van der Waals surface area contributed by atoms with E-state index in [4.69, 9.17) is 0 Å². The van der Waals surface area contributed by atoms with Crippen molar-refractivity contribution in [2.24, 2.45) is 0 Å². The van der Waals surface area contributed by atoms with Crippen molar-refractivity contribution < 1.29 is 4.79 Å². The first kappa shape index (κ1) is 18.9. The van der Waals surface area contributed by atoms with E-state index in [2.05, 4.69) is 39.6 Å². The summed E-state index contributed by atoms with van der Waals surface area (Å²) in [6.45, 7) is 6.03. The van der Waals surface area contributed by atoms with Gasteiger partial charge < -0.3 is 15.5 Å². The highest BCUT2D eigenvalue weighted by molar-refractivity contribution is 6.03. The Labute approximate surface area is 149 Å². The molecule has 0 saturated heterocycles. The van der Waals surface area contributed by atoms with E-state index in [1.807, 2.05) is 38.4 Å².